The number of carboxylic acids is 1. The largest absolute Gasteiger partial charge is 0.481 e. The van der Waals surface area contributed by atoms with Gasteiger partial charge >= 0.3 is 12.0 Å². The molecule has 0 saturated carbocycles. The predicted molar refractivity (Wildman–Crippen MR) is 76.8 cm³/mol. The average Bonchev–Trinajstić information content (AvgIpc) is 2.91. The van der Waals surface area contributed by atoms with Gasteiger partial charge in [-0.2, -0.15) is 0 Å². The van der Waals surface area contributed by atoms with Crippen molar-refractivity contribution in [3.63, 3.8) is 0 Å². The fourth-order valence-corrected chi connectivity index (χ4v) is 2.73. The summed E-state index contributed by atoms with van der Waals surface area (Å²) in [5.74, 6) is -0.855. The van der Waals surface area contributed by atoms with E-state index in [1.54, 1.807) is 17.4 Å². The first kappa shape index (κ1) is 15.3. The Balaban J connectivity index is 1.89. The number of carbonyl (C=O) groups is 2. The summed E-state index contributed by atoms with van der Waals surface area (Å²) >= 11 is 0. The maximum atomic E-state index is 12.3. The van der Waals surface area contributed by atoms with E-state index in [0.717, 1.165) is 19.3 Å². The summed E-state index contributed by atoms with van der Waals surface area (Å²) in [7, 11) is 0. The number of nitrogens with one attached hydrogen (secondary N) is 1. The highest BCUT2D eigenvalue weighted by Crippen LogP contribution is 2.19. The molecule has 2 N–H and O–H groups in total. The number of rotatable bonds is 5. The molecule has 2 amide bonds. The molecule has 7 nitrogen and oxygen atoms in total. The van der Waals surface area contributed by atoms with Crippen LogP contribution >= 0.6 is 0 Å². The lowest BCUT2D eigenvalue weighted by molar-refractivity contribution is -0.138. The van der Waals surface area contributed by atoms with E-state index in [9.17, 15) is 9.59 Å². The van der Waals surface area contributed by atoms with Crippen molar-refractivity contribution in [3.05, 3.63) is 18.7 Å². The molecule has 2 rings (SSSR count). The van der Waals surface area contributed by atoms with Crippen LogP contribution in [0.25, 0.3) is 0 Å². The van der Waals surface area contributed by atoms with Crippen LogP contribution < -0.4 is 5.32 Å². The molecular formula is C14H22N4O3. The Labute approximate surface area is 124 Å². The molecular weight excluding hydrogens is 272 g/mol. The number of hydrogen-bond acceptors (Lipinski definition) is 3. The van der Waals surface area contributed by atoms with E-state index in [4.69, 9.17) is 5.11 Å². The topological polar surface area (TPSA) is 87.5 Å². The molecule has 21 heavy (non-hydrogen) atoms. The second kappa shape index (κ2) is 7.10. The van der Waals surface area contributed by atoms with Gasteiger partial charge in [0.1, 0.15) is 0 Å². The van der Waals surface area contributed by atoms with E-state index in [0.29, 0.717) is 13.1 Å². The second-order valence-corrected chi connectivity index (χ2v) is 5.55. The summed E-state index contributed by atoms with van der Waals surface area (Å²) in [4.78, 5) is 28.9. The van der Waals surface area contributed by atoms with Gasteiger partial charge < -0.3 is 19.9 Å². The van der Waals surface area contributed by atoms with E-state index in [1.807, 2.05) is 17.7 Å². The van der Waals surface area contributed by atoms with Gasteiger partial charge in [0.25, 0.3) is 0 Å². The number of carbonyl (C=O) groups excluding carboxylic acids is 1. The molecule has 2 unspecified atom stereocenters. The number of aliphatic carboxylic acids is 1. The Hall–Kier alpha value is -2.05. The first-order chi connectivity index (χ1) is 10.1. The third-order valence-corrected chi connectivity index (χ3v) is 3.71. The summed E-state index contributed by atoms with van der Waals surface area (Å²) in [5.41, 5.74) is 0. The molecule has 2 heterocycles. The summed E-state index contributed by atoms with van der Waals surface area (Å²) in [5, 5.41) is 11.9. The van der Waals surface area contributed by atoms with Crippen molar-refractivity contribution in [1.82, 2.24) is 19.8 Å². The van der Waals surface area contributed by atoms with Gasteiger partial charge in [-0.05, 0) is 26.2 Å². The van der Waals surface area contributed by atoms with Gasteiger partial charge in [0.15, 0.2) is 0 Å². The minimum absolute atomic E-state index is 0.0172. The average molecular weight is 294 g/mol. The van der Waals surface area contributed by atoms with Gasteiger partial charge in [-0.25, -0.2) is 9.78 Å². The van der Waals surface area contributed by atoms with Gasteiger partial charge in [0.2, 0.25) is 0 Å². The lowest BCUT2D eigenvalue weighted by atomic mass is 10.00. The first-order valence-corrected chi connectivity index (χ1v) is 7.31. The van der Waals surface area contributed by atoms with Crippen LogP contribution in [0.4, 0.5) is 4.79 Å². The number of aromatic nitrogens is 2. The maximum absolute atomic E-state index is 12.3. The fraction of sp³-hybridized carbons (Fsp3) is 0.643. The number of nitrogens with zero attached hydrogens (tertiary/aromatic N) is 3. The summed E-state index contributed by atoms with van der Waals surface area (Å²) in [6.07, 6.45) is 7.93. The van der Waals surface area contributed by atoms with Crippen LogP contribution in [0.1, 0.15) is 32.6 Å². The molecule has 0 spiro atoms. The van der Waals surface area contributed by atoms with Crippen molar-refractivity contribution < 1.29 is 14.7 Å². The number of urea groups is 1. The molecule has 1 aliphatic rings. The molecule has 1 aromatic heterocycles. The zero-order valence-corrected chi connectivity index (χ0v) is 12.2. The number of likely N-dealkylation sites (tertiary alicyclic amines) is 1. The quantitative estimate of drug-likeness (QED) is 0.857. The molecule has 1 aliphatic heterocycles. The van der Waals surface area contributed by atoms with Crippen LogP contribution in [0.2, 0.25) is 0 Å². The molecule has 1 saturated heterocycles. The van der Waals surface area contributed by atoms with Crippen LogP contribution in [0, 0.1) is 0 Å². The molecule has 7 heteroatoms. The second-order valence-electron chi connectivity index (χ2n) is 5.55. The smallest absolute Gasteiger partial charge is 0.317 e. The van der Waals surface area contributed by atoms with Crippen molar-refractivity contribution >= 4 is 12.0 Å². The van der Waals surface area contributed by atoms with E-state index >= 15 is 0 Å². The zero-order chi connectivity index (χ0) is 15.2. The Kier molecular flexibility index (Phi) is 5.19. The van der Waals surface area contributed by atoms with Crippen LogP contribution in [0.3, 0.4) is 0 Å². The van der Waals surface area contributed by atoms with E-state index < -0.39 is 5.97 Å². The highest BCUT2D eigenvalue weighted by molar-refractivity contribution is 5.76. The molecule has 0 bridgehead atoms. The first-order valence-electron chi connectivity index (χ1n) is 7.31. The van der Waals surface area contributed by atoms with Gasteiger partial charge in [0.05, 0.1) is 12.7 Å². The molecule has 2 atom stereocenters. The lowest BCUT2D eigenvalue weighted by Gasteiger charge is -2.35. The van der Waals surface area contributed by atoms with Gasteiger partial charge in [-0.1, -0.05) is 0 Å². The summed E-state index contributed by atoms with van der Waals surface area (Å²) in [6, 6.07) is -0.413. The third-order valence-electron chi connectivity index (χ3n) is 3.71. The van der Waals surface area contributed by atoms with Gasteiger partial charge in [-0.3, -0.25) is 4.79 Å². The normalized spacial score (nSPS) is 20.0. The summed E-state index contributed by atoms with van der Waals surface area (Å²) in [6.45, 7) is 3.19. The van der Waals surface area contributed by atoms with Crippen molar-refractivity contribution in [1.29, 1.82) is 0 Å². The highest BCUT2D eigenvalue weighted by Gasteiger charge is 2.28. The SMILES string of the molecule is CC(Cn1ccnc1)NC(=O)N1CCCCC1CC(=O)O. The number of amides is 2. The standard InChI is InChI=1S/C14H22N4O3/c1-11(9-17-7-5-15-10-17)16-14(21)18-6-3-2-4-12(18)8-13(19)20/h5,7,10-12H,2-4,6,8-9H2,1H3,(H,16,21)(H,19,20). The monoisotopic (exact) mass is 294 g/mol. The van der Waals surface area contributed by atoms with Crippen molar-refractivity contribution in [2.45, 2.75) is 51.2 Å². The fourth-order valence-electron chi connectivity index (χ4n) is 2.73. The van der Waals surface area contributed by atoms with E-state index in [2.05, 4.69) is 10.3 Å². The van der Waals surface area contributed by atoms with Crippen LogP contribution in [-0.2, 0) is 11.3 Å². The Morgan fingerprint density at radius 2 is 2.29 bits per heavy atom. The maximum Gasteiger partial charge on any atom is 0.317 e. The molecule has 0 aromatic carbocycles. The number of imidazole rings is 1. The molecule has 1 aromatic rings. The molecule has 1 fully saturated rings. The molecule has 0 aliphatic carbocycles. The summed E-state index contributed by atoms with van der Waals surface area (Å²) < 4.78 is 1.90. The third kappa shape index (κ3) is 4.47. The van der Waals surface area contributed by atoms with Crippen molar-refractivity contribution in [3.8, 4) is 0 Å². The lowest BCUT2D eigenvalue weighted by Crippen LogP contribution is -2.51. The van der Waals surface area contributed by atoms with Crippen LogP contribution in [-0.4, -0.2) is 50.2 Å². The number of carboxylic acid groups (broad SMARTS) is 1. The van der Waals surface area contributed by atoms with Crippen molar-refractivity contribution in [2.75, 3.05) is 6.54 Å². The Morgan fingerprint density at radius 1 is 1.48 bits per heavy atom. The zero-order valence-electron chi connectivity index (χ0n) is 12.2. The van der Waals surface area contributed by atoms with E-state index in [1.165, 1.54) is 0 Å². The number of piperidine rings is 1. The molecule has 116 valence electrons. The minimum atomic E-state index is -0.855. The van der Waals surface area contributed by atoms with Crippen LogP contribution in [0.15, 0.2) is 18.7 Å². The van der Waals surface area contributed by atoms with E-state index in [-0.39, 0.29) is 24.5 Å². The Morgan fingerprint density at radius 3 is 2.95 bits per heavy atom. The Bertz CT molecular complexity index is 475. The molecule has 0 radical (unpaired) electrons. The van der Waals surface area contributed by atoms with Crippen molar-refractivity contribution in [2.24, 2.45) is 0 Å². The number of hydrogen-bond donors (Lipinski definition) is 2. The van der Waals surface area contributed by atoms with Gasteiger partial charge in [-0.15, -0.1) is 0 Å². The van der Waals surface area contributed by atoms with Crippen LogP contribution in [0.5, 0.6) is 0 Å². The predicted octanol–water partition coefficient (Wildman–Crippen LogP) is 1.31. The van der Waals surface area contributed by atoms with Gasteiger partial charge in [0, 0.05) is 37.6 Å². The highest BCUT2D eigenvalue weighted by atomic mass is 16.4. The minimum Gasteiger partial charge on any atom is -0.481 e.